The average Bonchev–Trinajstić information content (AvgIpc) is 2.26. The summed E-state index contributed by atoms with van der Waals surface area (Å²) in [5.41, 5.74) is -0.660. The molecule has 1 rings (SSSR count). The van der Waals surface area contributed by atoms with E-state index in [-0.39, 0.29) is 4.90 Å². The van der Waals surface area contributed by atoms with Gasteiger partial charge < -0.3 is 4.74 Å². The van der Waals surface area contributed by atoms with Gasteiger partial charge in [-0.3, -0.25) is 4.79 Å². The molecule has 0 unspecified atom stereocenters. The second-order valence-corrected chi connectivity index (χ2v) is 7.96. The monoisotopic (exact) mass is 363 g/mol. The first-order chi connectivity index (χ1) is 9.01. The molecule has 112 valence electrons. The molecule has 0 spiro atoms. The van der Waals surface area contributed by atoms with Gasteiger partial charge in [0, 0.05) is 4.47 Å². The van der Waals surface area contributed by atoms with Crippen molar-refractivity contribution in [2.45, 2.75) is 44.2 Å². The lowest BCUT2D eigenvalue weighted by atomic mass is 10.2. The van der Waals surface area contributed by atoms with Crippen molar-refractivity contribution in [2.75, 3.05) is 0 Å². The van der Waals surface area contributed by atoms with Crippen molar-refractivity contribution < 1.29 is 17.9 Å². The molecule has 7 heteroatoms. The zero-order valence-electron chi connectivity index (χ0n) is 11.8. The quantitative estimate of drug-likeness (QED) is 0.833. The van der Waals surface area contributed by atoms with Crippen molar-refractivity contribution in [3.63, 3.8) is 0 Å². The standard InChI is InChI=1S/C13H18BrNO4S/c1-9(12(16)19-13(2,3)4)15-20(17,18)11-7-5-6-10(14)8-11/h5-9,15H,1-4H3/t9-/m1/s1. The number of carbonyl (C=O) groups is 1. The van der Waals surface area contributed by atoms with Crippen molar-refractivity contribution in [2.24, 2.45) is 0 Å². The molecule has 0 fully saturated rings. The SMILES string of the molecule is C[C@@H](NS(=O)(=O)c1cccc(Br)c1)C(=O)OC(C)(C)C. The summed E-state index contributed by atoms with van der Waals surface area (Å²) in [7, 11) is -3.76. The number of sulfonamides is 1. The summed E-state index contributed by atoms with van der Waals surface area (Å²) in [5.74, 6) is -0.615. The highest BCUT2D eigenvalue weighted by Gasteiger charge is 2.26. The molecule has 0 radical (unpaired) electrons. The molecule has 1 atom stereocenters. The van der Waals surface area contributed by atoms with Crippen LogP contribution in [-0.4, -0.2) is 26.0 Å². The number of hydrogen-bond donors (Lipinski definition) is 1. The molecule has 20 heavy (non-hydrogen) atoms. The smallest absolute Gasteiger partial charge is 0.324 e. The van der Waals surface area contributed by atoms with Crippen LogP contribution in [0.5, 0.6) is 0 Å². The summed E-state index contributed by atoms with van der Waals surface area (Å²) in [6, 6.07) is 5.28. The van der Waals surface area contributed by atoms with Crippen LogP contribution >= 0.6 is 15.9 Å². The van der Waals surface area contributed by atoms with E-state index in [0.717, 1.165) is 0 Å². The largest absolute Gasteiger partial charge is 0.459 e. The van der Waals surface area contributed by atoms with Gasteiger partial charge in [-0.05, 0) is 45.9 Å². The molecule has 0 saturated heterocycles. The molecule has 1 aromatic carbocycles. The Labute approximate surface area is 127 Å². The minimum atomic E-state index is -3.76. The average molecular weight is 364 g/mol. The van der Waals surface area contributed by atoms with Gasteiger partial charge in [-0.2, -0.15) is 4.72 Å². The summed E-state index contributed by atoms with van der Waals surface area (Å²) < 4.78 is 32.3. The molecule has 0 aromatic heterocycles. The zero-order valence-corrected chi connectivity index (χ0v) is 14.2. The predicted octanol–water partition coefficient (Wildman–Crippen LogP) is 2.46. The lowest BCUT2D eigenvalue weighted by Gasteiger charge is -2.22. The highest BCUT2D eigenvalue weighted by molar-refractivity contribution is 9.10. The maximum Gasteiger partial charge on any atom is 0.324 e. The molecule has 0 aliphatic rings. The number of esters is 1. The van der Waals surface area contributed by atoms with Gasteiger partial charge in [0.15, 0.2) is 0 Å². The Bertz CT molecular complexity index is 593. The maximum atomic E-state index is 12.1. The van der Waals surface area contributed by atoms with Crippen LogP contribution in [0.1, 0.15) is 27.7 Å². The molecular weight excluding hydrogens is 346 g/mol. The topological polar surface area (TPSA) is 72.5 Å². The Balaban J connectivity index is 2.84. The van der Waals surface area contributed by atoms with E-state index in [2.05, 4.69) is 20.7 Å². The van der Waals surface area contributed by atoms with Crippen LogP contribution in [0.15, 0.2) is 33.6 Å². The Morgan fingerprint density at radius 1 is 1.35 bits per heavy atom. The molecule has 1 N–H and O–H groups in total. The van der Waals surface area contributed by atoms with Gasteiger partial charge in [-0.25, -0.2) is 8.42 Å². The summed E-state index contributed by atoms with van der Waals surface area (Å²) in [6.07, 6.45) is 0. The molecule has 0 saturated carbocycles. The van der Waals surface area contributed by atoms with Gasteiger partial charge in [-0.15, -0.1) is 0 Å². The van der Waals surface area contributed by atoms with E-state index in [1.807, 2.05) is 0 Å². The molecule has 0 bridgehead atoms. The summed E-state index contributed by atoms with van der Waals surface area (Å²) in [4.78, 5) is 11.9. The van der Waals surface area contributed by atoms with Gasteiger partial charge >= 0.3 is 5.97 Å². The first-order valence-electron chi connectivity index (χ1n) is 6.02. The van der Waals surface area contributed by atoms with Gasteiger partial charge in [0.05, 0.1) is 4.90 Å². The highest BCUT2D eigenvalue weighted by Crippen LogP contribution is 2.16. The van der Waals surface area contributed by atoms with Crippen LogP contribution in [0, 0.1) is 0 Å². The van der Waals surface area contributed by atoms with Gasteiger partial charge in [0.2, 0.25) is 10.0 Å². The number of rotatable bonds is 4. The fourth-order valence-corrected chi connectivity index (χ4v) is 3.16. The van der Waals surface area contributed by atoms with Gasteiger partial charge in [-0.1, -0.05) is 22.0 Å². The van der Waals surface area contributed by atoms with E-state index in [1.54, 1.807) is 32.9 Å². The van der Waals surface area contributed by atoms with Crippen molar-refractivity contribution in [3.8, 4) is 0 Å². The Kier molecular flexibility index (Phi) is 5.34. The van der Waals surface area contributed by atoms with Crippen LogP contribution in [0.2, 0.25) is 0 Å². The second kappa shape index (κ2) is 6.24. The minimum absolute atomic E-state index is 0.0854. The van der Waals surface area contributed by atoms with Crippen LogP contribution in [0.3, 0.4) is 0 Å². The fraction of sp³-hybridized carbons (Fsp3) is 0.462. The second-order valence-electron chi connectivity index (χ2n) is 5.33. The lowest BCUT2D eigenvalue weighted by molar-refractivity contribution is -0.156. The Morgan fingerprint density at radius 3 is 2.45 bits per heavy atom. The van der Waals surface area contributed by atoms with Crippen molar-refractivity contribution in [1.82, 2.24) is 4.72 Å². The van der Waals surface area contributed by atoms with E-state index < -0.39 is 27.6 Å². The first-order valence-corrected chi connectivity index (χ1v) is 8.30. The summed E-state index contributed by atoms with van der Waals surface area (Å²) >= 11 is 3.21. The zero-order chi connectivity index (χ0) is 15.6. The maximum absolute atomic E-state index is 12.1. The number of ether oxygens (including phenoxy) is 1. The molecule has 1 aromatic rings. The van der Waals surface area contributed by atoms with E-state index >= 15 is 0 Å². The number of nitrogens with one attached hydrogen (secondary N) is 1. The third kappa shape index (κ3) is 5.22. The van der Waals surface area contributed by atoms with Crippen LogP contribution in [0.4, 0.5) is 0 Å². The molecule has 0 amide bonds. The predicted molar refractivity (Wildman–Crippen MR) is 79.8 cm³/mol. The normalized spacial score (nSPS) is 13.8. The number of halogens is 1. The lowest BCUT2D eigenvalue weighted by Crippen LogP contribution is -2.42. The van der Waals surface area contributed by atoms with Crippen LogP contribution < -0.4 is 4.72 Å². The number of benzene rings is 1. The molecule has 0 aliphatic heterocycles. The van der Waals surface area contributed by atoms with Crippen LogP contribution in [0.25, 0.3) is 0 Å². The number of hydrogen-bond acceptors (Lipinski definition) is 4. The summed E-state index contributed by atoms with van der Waals surface area (Å²) in [6.45, 7) is 6.62. The third-order valence-corrected chi connectivity index (χ3v) is 4.23. The highest BCUT2D eigenvalue weighted by atomic mass is 79.9. The molecule has 0 heterocycles. The summed E-state index contributed by atoms with van der Waals surface area (Å²) in [5, 5.41) is 0. The Morgan fingerprint density at radius 2 is 1.95 bits per heavy atom. The van der Waals surface area contributed by atoms with Gasteiger partial charge in [0.25, 0.3) is 0 Å². The van der Waals surface area contributed by atoms with Crippen molar-refractivity contribution in [1.29, 1.82) is 0 Å². The van der Waals surface area contributed by atoms with E-state index in [9.17, 15) is 13.2 Å². The van der Waals surface area contributed by atoms with E-state index in [1.165, 1.54) is 19.1 Å². The van der Waals surface area contributed by atoms with E-state index in [4.69, 9.17) is 4.74 Å². The number of carbonyl (C=O) groups excluding carboxylic acids is 1. The fourth-order valence-electron chi connectivity index (χ4n) is 1.37. The third-order valence-electron chi connectivity index (χ3n) is 2.20. The molecular formula is C13H18BrNO4S. The van der Waals surface area contributed by atoms with Crippen LogP contribution in [-0.2, 0) is 19.6 Å². The van der Waals surface area contributed by atoms with Crippen molar-refractivity contribution in [3.05, 3.63) is 28.7 Å². The van der Waals surface area contributed by atoms with Gasteiger partial charge in [0.1, 0.15) is 11.6 Å². The minimum Gasteiger partial charge on any atom is -0.459 e. The van der Waals surface area contributed by atoms with E-state index in [0.29, 0.717) is 4.47 Å². The molecule has 5 nitrogen and oxygen atoms in total. The first kappa shape index (κ1) is 17.1. The van der Waals surface area contributed by atoms with Crippen molar-refractivity contribution >= 4 is 31.9 Å². The Hall–Kier alpha value is -0.920. The molecule has 0 aliphatic carbocycles.